The number of hydrogen-bond acceptors (Lipinski definition) is 4. The summed E-state index contributed by atoms with van der Waals surface area (Å²) in [5, 5.41) is 5.10. The van der Waals surface area contributed by atoms with Crippen LogP contribution >= 0.6 is 34.7 Å². The minimum Gasteiger partial charge on any atom is -0.351 e. The first-order valence-electron chi connectivity index (χ1n) is 9.64. The van der Waals surface area contributed by atoms with Gasteiger partial charge in [0.25, 0.3) is 0 Å². The minimum absolute atomic E-state index is 0.0579. The van der Waals surface area contributed by atoms with Crippen LogP contribution in [0, 0.1) is 5.92 Å². The monoisotopic (exact) mass is 456 g/mol. The van der Waals surface area contributed by atoms with E-state index in [-0.39, 0.29) is 11.8 Å². The van der Waals surface area contributed by atoms with Crippen molar-refractivity contribution < 1.29 is 9.59 Å². The average molecular weight is 457 g/mol. The van der Waals surface area contributed by atoms with Gasteiger partial charge in [-0.2, -0.15) is 0 Å². The lowest BCUT2D eigenvalue weighted by atomic mass is 10.0. The Kier molecular flexibility index (Phi) is 6.46. The van der Waals surface area contributed by atoms with Gasteiger partial charge in [0.1, 0.15) is 5.25 Å². The molecule has 1 aliphatic rings. The van der Waals surface area contributed by atoms with E-state index in [1.165, 1.54) is 11.8 Å². The molecule has 0 radical (unpaired) electrons. The fraction of sp³-hybridized carbons (Fsp3) is 0.217. The molecule has 30 heavy (non-hydrogen) atoms. The Bertz CT molecular complexity index is 1050. The van der Waals surface area contributed by atoms with Gasteiger partial charge in [0.2, 0.25) is 11.8 Å². The lowest BCUT2D eigenvalue weighted by Crippen LogP contribution is -2.47. The lowest BCUT2D eigenvalue weighted by molar-refractivity contribution is -0.128. The van der Waals surface area contributed by atoms with Gasteiger partial charge in [0, 0.05) is 14.8 Å². The average Bonchev–Trinajstić information content (AvgIpc) is 3.27. The third-order valence-corrected chi connectivity index (χ3v) is 7.61. The van der Waals surface area contributed by atoms with E-state index in [1.54, 1.807) is 16.2 Å². The summed E-state index contributed by atoms with van der Waals surface area (Å²) >= 11 is 9.20. The van der Waals surface area contributed by atoms with Crippen LogP contribution in [-0.4, -0.2) is 17.1 Å². The highest BCUT2D eigenvalue weighted by Gasteiger charge is 2.39. The summed E-state index contributed by atoms with van der Waals surface area (Å²) in [4.78, 5) is 30.1. The summed E-state index contributed by atoms with van der Waals surface area (Å²) in [6.45, 7) is 2.72. The zero-order chi connectivity index (χ0) is 21.1. The van der Waals surface area contributed by atoms with Gasteiger partial charge in [-0.1, -0.05) is 48.9 Å². The maximum Gasteiger partial charge on any atom is 0.241 e. The van der Waals surface area contributed by atoms with Crippen molar-refractivity contribution in [3.8, 4) is 0 Å². The highest BCUT2D eigenvalue weighted by molar-refractivity contribution is 8.01. The van der Waals surface area contributed by atoms with Gasteiger partial charge in [-0.15, -0.1) is 23.1 Å². The van der Waals surface area contributed by atoms with E-state index in [4.69, 9.17) is 11.6 Å². The quantitative estimate of drug-likeness (QED) is 0.543. The van der Waals surface area contributed by atoms with E-state index in [1.807, 2.05) is 73.0 Å². The molecule has 4 nitrogen and oxygen atoms in total. The molecule has 1 aliphatic heterocycles. The molecule has 0 bridgehead atoms. The van der Waals surface area contributed by atoms with Gasteiger partial charge in [-0.3, -0.25) is 9.59 Å². The first-order valence-corrected chi connectivity index (χ1v) is 11.8. The first kappa shape index (κ1) is 21.0. The molecule has 2 atom stereocenters. The first-order chi connectivity index (χ1) is 14.5. The molecular weight excluding hydrogens is 436 g/mol. The number of hydrogen-bond donors (Lipinski definition) is 1. The Labute approximate surface area is 189 Å². The van der Waals surface area contributed by atoms with E-state index >= 15 is 0 Å². The summed E-state index contributed by atoms with van der Waals surface area (Å²) < 4.78 is 0. The maximum absolute atomic E-state index is 13.5. The van der Waals surface area contributed by atoms with Crippen molar-refractivity contribution >= 4 is 52.2 Å². The Morgan fingerprint density at radius 3 is 2.77 bits per heavy atom. The van der Waals surface area contributed by atoms with Crippen molar-refractivity contribution in [3.05, 3.63) is 81.5 Å². The second-order valence-corrected chi connectivity index (χ2v) is 9.80. The van der Waals surface area contributed by atoms with Crippen molar-refractivity contribution in [2.45, 2.75) is 30.2 Å². The van der Waals surface area contributed by atoms with Crippen LogP contribution in [0.3, 0.4) is 0 Å². The third kappa shape index (κ3) is 4.56. The summed E-state index contributed by atoms with van der Waals surface area (Å²) in [7, 11) is 0. The van der Waals surface area contributed by atoms with Gasteiger partial charge in [0.05, 0.1) is 24.7 Å². The molecule has 154 valence electrons. The van der Waals surface area contributed by atoms with Crippen molar-refractivity contribution in [1.29, 1.82) is 0 Å². The van der Waals surface area contributed by atoms with Crippen molar-refractivity contribution in [2.75, 3.05) is 4.90 Å². The Hall–Kier alpha value is -2.28. The largest absolute Gasteiger partial charge is 0.351 e. The number of nitrogens with one attached hydrogen (secondary N) is 1. The number of carbonyl (C=O) groups excluding carboxylic acids is 2. The van der Waals surface area contributed by atoms with Crippen molar-refractivity contribution in [1.82, 2.24) is 5.32 Å². The van der Waals surface area contributed by atoms with E-state index in [0.717, 1.165) is 21.0 Å². The normalized spacial score (nSPS) is 16.8. The molecule has 0 saturated heterocycles. The molecule has 2 amide bonds. The fourth-order valence-corrected chi connectivity index (χ4v) is 5.57. The Morgan fingerprint density at radius 1 is 1.17 bits per heavy atom. The molecule has 0 saturated carbocycles. The maximum atomic E-state index is 13.5. The van der Waals surface area contributed by atoms with Crippen LogP contribution in [0.5, 0.6) is 0 Å². The number of benzene rings is 2. The number of thioether (sulfide) groups is 1. The second kappa shape index (κ2) is 9.25. The van der Waals surface area contributed by atoms with E-state index in [9.17, 15) is 9.59 Å². The smallest absolute Gasteiger partial charge is 0.241 e. The highest BCUT2D eigenvalue weighted by atomic mass is 35.5. The van der Waals surface area contributed by atoms with Gasteiger partial charge in [0.15, 0.2) is 0 Å². The van der Waals surface area contributed by atoms with Gasteiger partial charge >= 0.3 is 0 Å². The molecule has 7 heteroatoms. The van der Waals surface area contributed by atoms with Gasteiger partial charge < -0.3 is 10.2 Å². The predicted octanol–water partition coefficient (Wildman–Crippen LogP) is 5.36. The molecule has 1 aromatic heterocycles. The molecule has 0 spiro atoms. The fourth-order valence-electron chi connectivity index (χ4n) is 3.42. The van der Waals surface area contributed by atoms with Crippen LogP contribution in [0.15, 0.2) is 70.9 Å². The van der Waals surface area contributed by atoms with Crippen LogP contribution < -0.4 is 10.2 Å². The molecule has 0 aliphatic carbocycles. The number of para-hydroxylation sites is 1. The van der Waals surface area contributed by atoms with Crippen LogP contribution in [-0.2, 0) is 22.7 Å². The highest BCUT2D eigenvalue weighted by Crippen LogP contribution is 2.42. The number of halogens is 1. The summed E-state index contributed by atoms with van der Waals surface area (Å²) in [5.74, 6) is -0.633. The SMILES string of the molecule is C[C@@H](C(=O)NCc1cccs1)[C@@H]1Sc2ccccc2N(Cc2cccc(Cl)c2)C1=O. The van der Waals surface area contributed by atoms with Crippen LogP contribution in [0.2, 0.25) is 5.02 Å². The Morgan fingerprint density at radius 2 is 2.00 bits per heavy atom. The van der Waals surface area contributed by atoms with E-state index in [0.29, 0.717) is 18.1 Å². The van der Waals surface area contributed by atoms with E-state index < -0.39 is 11.2 Å². The number of rotatable bonds is 6. The standard InChI is InChI=1S/C23H21ClN2O2S2/c1-15(22(27)25-13-18-8-5-11-29-18)21-23(28)26(14-16-6-4-7-17(24)12-16)19-9-2-3-10-20(19)30-21/h2-12,15,21H,13-14H2,1H3,(H,25,27)/t15-,21+/m1/s1. The topological polar surface area (TPSA) is 49.4 Å². The van der Waals surface area contributed by atoms with Crippen LogP contribution in [0.1, 0.15) is 17.4 Å². The van der Waals surface area contributed by atoms with Crippen molar-refractivity contribution in [3.63, 3.8) is 0 Å². The minimum atomic E-state index is -0.484. The molecule has 0 unspecified atom stereocenters. The summed E-state index contributed by atoms with van der Waals surface area (Å²) in [5.41, 5.74) is 1.82. The van der Waals surface area contributed by atoms with Gasteiger partial charge in [-0.05, 0) is 41.3 Å². The van der Waals surface area contributed by atoms with Gasteiger partial charge in [-0.25, -0.2) is 0 Å². The zero-order valence-electron chi connectivity index (χ0n) is 16.4. The summed E-state index contributed by atoms with van der Waals surface area (Å²) in [6, 6.07) is 19.3. The summed E-state index contributed by atoms with van der Waals surface area (Å²) in [6.07, 6.45) is 0. The van der Waals surface area contributed by atoms with Crippen molar-refractivity contribution in [2.24, 2.45) is 5.92 Å². The predicted molar refractivity (Wildman–Crippen MR) is 124 cm³/mol. The molecule has 2 heterocycles. The lowest BCUT2D eigenvalue weighted by Gasteiger charge is -2.35. The van der Waals surface area contributed by atoms with E-state index in [2.05, 4.69) is 5.32 Å². The number of nitrogens with zero attached hydrogens (tertiary/aromatic N) is 1. The number of anilines is 1. The third-order valence-electron chi connectivity index (χ3n) is 5.03. The molecule has 4 rings (SSSR count). The van der Waals surface area contributed by atoms with Crippen LogP contribution in [0.25, 0.3) is 0 Å². The van der Waals surface area contributed by atoms with Crippen LogP contribution in [0.4, 0.5) is 5.69 Å². The zero-order valence-corrected chi connectivity index (χ0v) is 18.8. The second-order valence-electron chi connectivity index (χ2n) is 7.15. The molecular formula is C23H21ClN2O2S2. The molecule has 0 fully saturated rings. The molecule has 3 aromatic rings. The molecule has 2 aromatic carbocycles. The Balaban J connectivity index is 1.55. The number of thiophene rings is 1. The number of amides is 2. The molecule has 1 N–H and O–H groups in total. The number of fused-ring (bicyclic) bond motifs is 1. The number of carbonyl (C=O) groups is 2.